The standard InChI is InChI=1S/C42H29N2O2PS/c1-26-16-34(24-43-22-26)30-8-3-6-28(18-30)32-12-14-40-38(20-32)45-36-10-5-11-37-42(36)47(40,48)41-15-13-33(21-39(41)46-37)29-7-4-9-31(19-29)35-17-27(2)23-44-25-35/h3-25H,1-2H3. The Morgan fingerprint density at radius 3 is 1.31 bits per heavy atom. The Balaban J connectivity index is 1.14. The molecule has 0 amide bonds. The van der Waals surface area contributed by atoms with Crippen molar-refractivity contribution in [1.29, 1.82) is 0 Å². The molecule has 0 fully saturated rings. The minimum Gasteiger partial charge on any atom is -0.456 e. The maximum atomic E-state index is 6.81. The number of hydrogen-bond acceptors (Lipinski definition) is 5. The molecule has 0 saturated carbocycles. The van der Waals surface area contributed by atoms with Gasteiger partial charge in [-0.3, -0.25) is 9.97 Å². The summed E-state index contributed by atoms with van der Waals surface area (Å²) in [6, 6.07) is 37.9. The molecule has 4 nitrogen and oxygen atoms in total. The van der Waals surface area contributed by atoms with Crippen molar-refractivity contribution < 1.29 is 9.47 Å². The van der Waals surface area contributed by atoms with E-state index in [1.54, 1.807) is 0 Å². The smallest absolute Gasteiger partial charge is 0.140 e. The van der Waals surface area contributed by atoms with Crippen molar-refractivity contribution in [2.45, 2.75) is 13.8 Å². The number of pyridine rings is 2. The Labute approximate surface area is 284 Å². The summed E-state index contributed by atoms with van der Waals surface area (Å²) in [5.74, 6) is 3.16. The molecule has 2 aliphatic rings. The van der Waals surface area contributed by atoms with E-state index < -0.39 is 6.04 Å². The van der Waals surface area contributed by atoms with Gasteiger partial charge in [-0.05, 0) is 119 Å². The fourth-order valence-electron chi connectivity index (χ4n) is 6.84. The first-order chi connectivity index (χ1) is 23.4. The van der Waals surface area contributed by atoms with Crippen LogP contribution in [0.3, 0.4) is 0 Å². The van der Waals surface area contributed by atoms with Crippen molar-refractivity contribution in [2.75, 3.05) is 0 Å². The van der Waals surface area contributed by atoms with Gasteiger partial charge in [-0.1, -0.05) is 66.4 Å². The molecule has 0 bridgehead atoms. The first kappa shape index (κ1) is 28.8. The second-order valence-electron chi connectivity index (χ2n) is 12.4. The fourth-order valence-corrected chi connectivity index (χ4v) is 11.3. The second kappa shape index (κ2) is 11.1. The molecule has 0 radical (unpaired) electrons. The summed E-state index contributed by atoms with van der Waals surface area (Å²) >= 11 is 6.81. The molecule has 9 rings (SSSR count). The molecule has 48 heavy (non-hydrogen) atoms. The minimum absolute atomic E-state index is 0.772. The molecule has 0 N–H and O–H groups in total. The number of aryl methyl sites for hydroxylation is 2. The van der Waals surface area contributed by atoms with Gasteiger partial charge in [0.25, 0.3) is 0 Å². The highest BCUT2D eigenvalue weighted by molar-refractivity contribution is 8.26. The second-order valence-corrected chi connectivity index (χ2v) is 16.7. The summed E-state index contributed by atoms with van der Waals surface area (Å²) < 4.78 is 13.2. The third-order valence-corrected chi connectivity index (χ3v) is 14.0. The van der Waals surface area contributed by atoms with Crippen LogP contribution < -0.4 is 25.4 Å². The van der Waals surface area contributed by atoms with Crippen molar-refractivity contribution in [3.8, 4) is 67.5 Å². The number of ether oxygens (including phenoxy) is 2. The van der Waals surface area contributed by atoms with Crippen molar-refractivity contribution in [3.05, 3.63) is 151 Å². The normalized spacial score (nSPS) is 13.4. The van der Waals surface area contributed by atoms with Crippen molar-refractivity contribution in [1.82, 2.24) is 9.97 Å². The summed E-state index contributed by atoms with van der Waals surface area (Å²) in [5.41, 5.74) is 11.1. The van der Waals surface area contributed by atoms with Gasteiger partial charge in [0.1, 0.15) is 23.0 Å². The van der Waals surface area contributed by atoms with Gasteiger partial charge in [-0.25, -0.2) is 0 Å². The predicted molar refractivity (Wildman–Crippen MR) is 199 cm³/mol. The lowest BCUT2D eigenvalue weighted by molar-refractivity contribution is 0.466. The third-order valence-electron chi connectivity index (χ3n) is 9.12. The number of hydrogen-bond donors (Lipinski definition) is 0. The highest BCUT2D eigenvalue weighted by atomic mass is 32.4. The monoisotopic (exact) mass is 656 g/mol. The van der Waals surface area contributed by atoms with Crippen LogP contribution in [0, 0.1) is 13.8 Å². The van der Waals surface area contributed by atoms with E-state index in [9.17, 15) is 0 Å². The lowest BCUT2D eigenvalue weighted by Gasteiger charge is -2.37. The van der Waals surface area contributed by atoms with Gasteiger partial charge in [-0.15, -0.1) is 0 Å². The average molecular weight is 657 g/mol. The Kier molecular flexibility index (Phi) is 6.68. The third kappa shape index (κ3) is 4.70. The zero-order valence-corrected chi connectivity index (χ0v) is 28.1. The first-order valence-electron chi connectivity index (χ1n) is 15.9. The Hall–Kier alpha value is -5.35. The maximum absolute atomic E-state index is 6.81. The van der Waals surface area contributed by atoms with Crippen LogP contribution in [0.5, 0.6) is 23.0 Å². The predicted octanol–water partition coefficient (Wildman–Crippen LogP) is 9.73. The fraction of sp³-hybridized carbons (Fsp3) is 0.0476. The van der Waals surface area contributed by atoms with E-state index in [2.05, 4.69) is 121 Å². The van der Waals surface area contributed by atoms with Gasteiger partial charge in [0.05, 0.1) is 11.3 Å². The molecule has 5 aromatic carbocycles. The molecule has 0 aliphatic carbocycles. The molecule has 0 unspecified atom stereocenters. The molecule has 2 aromatic heterocycles. The van der Waals surface area contributed by atoms with Crippen LogP contribution >= 0.6 is 6.04 Å². The summed E-state index contributed by atoms with van der Waals surface area (Å²) in [7, 11) is 0. The minimum atomic E-state index is -2.50. The average Bonchev–Trinajstić information content (AvgIpc) is 3.11. The van der Waals surface area contributed by atoms with Crippen LogP contribution in [0.1, 0.15) is 11.1 Å². The summed E-state index contributed by atoms with van der Waals surface area (Å²) in [6.45, 7) is 4.13. The van der Waals surface area contributed by atoms with Crippen molar-refractivity contribution in [2.24, 2.45) is 0 Å². The van der Waals surface area contributed by atoms with E-state index in [1.165, 1.54) is 0 Å². The summed E-state index contributed by atoms with van der Waals surface area (Å²) in [6.07, 6.45) is 7.58. The van der Waals surface area contributed by atoms with Gasteiger partial charge in [-0.2, -0.15) is 0 Å². The lowest BCUT2D eigenvalue weighted by Crippen LogP contribution is -2.34. The van der Waals surface area contributed by atoms with Crippen molar-refractivity contribution >= 4 is 33.8 Å². The zero-order valence-electron chi connectivity index (χ0n) is 26.3. The number of aromatic nitrogens is 2. The van der Waals surface area contributed by atoms with E-state index in [0.717, 1.165) is 94.5 Å². The van der Waals surface area contributed by atoms with Gasteiger partial charge in [0, 0.05) is 46.5 Å². The molecule has 4 heterocycles. The molecule has 7 aromatic rings. The molecule has 230 valence electrons. The van der Waals surface area contributed by atoms with E-state index in [0.29, 0.717) is 0 Å². The molecule has 2 aliphatic heterocycles. The van der Waals surface area contributed by atoms with Gasteiger partial charge >= 0.3 is 0 Å². The van der Waals surface area contributed by atoms with E-state index in [-0.39, 0.29) is 0 Å². The number of fused-ring (bicyclic) bond motifs is 4. The van der Waals surface area contributed by atoms with Crippen molar-refractivity contribution in [3.63, 3.8) is 0 Å². The molecular formula is C42H29N2O2PS. The highest BCUT2D eigenvalue weighted by Crippen LogP contribution is 2.59. The van der Waals surface area contributed by atoms with Crippen LogP contribution in [-0.2, 0) is 11.8 Å². The quantitative estimate of drug-likeness (QED) is 0.177. The van der Waals surface area contributed by atoms with Gasteiger partial charge in [0.2, 0.25) is 0 Å². The first-order valence-corrected chi connectivity index (χ1v) is 18.7. The van der Waals surface area contributed by atoms with Crippen LogP contribution in [0.2, 0.25) is 0 Å². The topological polar surface area (TPSA) is 44.2 Å². The molecule has 6 heteroatoms. The van der Waals surface area contributed by atoms with Crippen LogP contribution in [0.25, 0.3) is 44.5 Å². The maximum Gasteiger partial charge on any atom is 0.140 e. The lowest BCUT2D eigenvalue weighted by atomic mass is 9.99. The van der Waals surface area contributed by atoms with Crippen LogP contribution in [0.15, 0.2) is 140 Å². The van der Waals surface area contributed by atoms with Crippen LogP contribution in [0.4, 0.5) is 0 Å². The molecular weight excluding hydrogens is 628 g/mol. The van der Waals surface area contributed by atoms with Gasteiger partial charge < -0.3 is 9.47 Å². The highest BCUT2D eigenvalue weighted by Gasteiger charge is 2.42. The van der Waals surface area contributed by atoms with Gasteiger partial charge in [0.15, 0.2) is 0 Å². The van der Waals surface area contributed by atoms with E-state index in [4.69, 9.17) is 21.3 Å². The van der Waals surface area contributed by atoms with Crippen LogP contribution in [-0.4, -0.2) is 9.97 Å². The van der Waals surface area contributed by atoms with E-state index in [1.807, 2.05) is 43.0 Å². The SMILES string of the molecule is Cc1cncc(-c2cccc(-c3ccc4c(c3)Oc3cccc5c3P4(=S)c3ccc(-c4cccc(-c6cncc(C)c6)c4)cc3O5)c2)c1. The molecule has 0 saturated heterocycles. The summed E-state index contributed by atoms with van der Waals surface area (Å²) in [5, 5.41) is 3.08. The largest absolute Gasteiger partial charge is 0.456 e. The zero-order chi connectivity index (χ0) is 32.4. The molecule has 0 atom stereocenters. The number of benzene rings is 5. The summed E-state index contributed by atoms with van der Waals surface area (Å²) in [4.78, 5) is 8.80. The Morgan fingerprint density at radius 1 is 0.438 bits per heavy atom. The number of nitrogens with zero attached hydrogens (tertiary/aromatic N) is 2. The Bertz CT molecular complexity index is 2330. The van der Waals surface area contributed by atoms with E-state index >= 15 is 0 Å². The number of rotatable bonds is 4. The Morgan fingerprint density at radius 2 is 0.854 bits per heavy atom. The molecule has 0 spiro atoms.